The molecule has 0 saturated carbocycles. The number of hydrogen-bond donors (Lipinski definition) is 1. The van der Waals surface area contributed by atoms with Crippen LogP contribution in [-0.4, -0.2) is 46.9 Å². The summed E-state index contributed by atoms with van der Waals surface area (Å²) in [6.07, 6.45) is 4.53. The van der Waals surface area contributed by atoms with E-state index in [4.69, 9.17) is 21.6 Å². The zero-order valence-corrected chi connectivity index (χ0v) is 14.4. The molecule has 3 rings (SSSR count). The van der Waals surface area contributed by atoms with Gasteiger partial charge in [-0.1, -0.05) is 11.6 Å². The first kappa shape index (κ1) is 17.2. The molecule has 9 heteroatoms. The molecule has 0 unspecified atom stereocenters. The Labute approximate surface area is 149 Å². The number of halogens is 1. The van der Waals surface area contributed by atoms with Gasteiger partial charge in [-0.15, -0.1) is 0 Å². The number of nitrogens with one attached hydrogen (secondary N) is 1. The Morgan fingerprint density at radius 3 is 3.12 bits per heavy atom. The molecule has 2 aromatic heterocycles. The third-order valence-electron chi connectivity index (χ3n) is 3.90. The highest BCUT2D eigenvalue weighted by atomic mass is 35.5. The van der Waals surface area contributed by atoms with Crippen LogP contribution in [0.1, 0.15) is 5.56 Å². The average molecular weight is 361 g/mol. The summed E-state index contributed by atoms with van der Waals surface area (Å²) < 4.78 is 7.20. The summed E-state index contributed by atoms with van der Waals surface area (Å²) in [6.45, 7) is 2.18. The SMILES string of the molecule is Cn1ccnc(NC[C@@H]2CN(c3ncc(C#N)cc3Cl)CCO2)c1=O. The predicted octanol–water partition coefficient (Wildman–Crippen LogP) is 1.02. The van der Waals surface area contributed by atoms with Gasteiger partial charge in [0.1, 0.15) is 11.9 Å². The van der Waals surface area contributed by atoms with Gasteiger partial charge in [0.05, 0.1) is 23.3 Å². The van der Waals surface area contributed by atoms with E-state index in [1.165, 1.54) is 10.8 Å². The van der Waals surface area contributed by atoms with Crippen LogP contribution < -0.4 is 15.8 Å². The Morgan fingerprint density at radius 1 is 1.52 bits per heavy atom. The van der Waals surface area contributed by atoms with Gasteiger partial charge in [0.25, 0.3) is 5.56 Å². The smallest absolute Gasteiger partial charge is 0.293 e. The van der Waals surface area contributed by atoms with Gasteiger partial charge in [-0.25, -0.2) is 9.97 Å². The molecule has 1 fully saturated rings. The number of aromatic nitrogens is 3. The van der Waals surface area contributed by atoms with E-state index in [-0.39, 0.29) is 11.7 Å². The van der Waals surface area contributed by atoms with Crippen molar-refractivity contribution >= 4 is 23.2 Å². The number of ether oxygens (including phenoxy) is 1. The van der Waals surface area contributed by atoms with E-state index in [0.29, 0.717) is 48.5 Å². The predicted molar refractivity (Wildman–Crippen MR) is 93.9 cm³/mol. The van der Waals surface area contributed by atoms with Gasteiger partial charge >= 0.3 is 0 Å². The van der Waals surface area contributed by atoms with Crippen molar-refractivity contribution in [1.29, 1.82) is 5.26 Å². The zero-order chi connectivity index (χ0) is 17.8. The Morgan fingerprint density at radius 2 is 2.36 bits per heavy atom. The molecule has 0 spiro atoms. The molecule has 3 heterocycles. The molecule has 25 heavy (non-hydrogen) atoms. The second-order valence-electron chi connectivity index (χ2n) is 5.65. The molecule has 1 atom stereocenters. The lowest BCUT2D eigenvalue weighted by atomic mass is 10.2. The van der Waals surface area contributed by atoms with Crippen molar-refractivity contribution in [3.05, 3.63) is 45.6 Å². The van der Waals surface area contributed by atoms with Crippen molar-refractivity contribution in [2.75, 3.05) is 36.5 Å². The number of nitrogens with zero attached hydrogens (tertiary/aromatic N) is 5. The van der Waals surface area contributed by atoms with E-state index >= 15 is 0 Å². The van der Waals surface area contributed by atoms with Crippen LogP contribution in [0.25, 0.3) is 0 Å². The largest absolute Gasteiger partial charge is 0.373 e. The zero-order valence-electron chi connectivity index (χ0n) is 13.6. The molecular weight excluding hydrogens is 344 g/mol. The normalized spacial score (nSPS) is 17.2. The summed E-state index contributed by atoms with van der Waals surface area (Å²) in [4.78, 5) is 22.3. The highest BCUT2D eigenvalue weighted by Crippen LogP contribution is 2.25. The minimum Gasteiger partial charge on any atom is -0.373 e. The van der Waals surface area contributed by atoms with Crippen molar-refractivity contribution in [3.63, 3.8) is 0 Å². The van der Waals surface area contributed by atoms with E-state index < -0.39 is 0 Å². The number of anilines is 2. The summed E-state index contributed by atoms with van der Waals surface area (Å²) >= 11 is 6.23. The summed E-state index contributed by atoms with van der Waals surface area (Å²) in [6, 6.07) is 3.62. The summed E-state index contributed by atoms with van der Waals surface area (Å²) in [5, 5.41) is 12.4. The summed E-state index contributed by atoms with van der Waals surface area (Å²) in [5.74, 6) is 0.919. The maximum Gasteiger partial charge on any atom is 0.293 e. The van der Waals surface area contributed by atoms with Gasteiger partial charge < -0.3 is 19.5 Å². The maximum absolute atomic E-state index is 12.0. The van der Waals surface area contributed by atoms with Crippen LogP contribution in [0.3, 0.4) is 0 Å². The third kappa shape index (κ3) is 3.90. The molecular formula is C16H17ClN6O2. The molecule has 8 nitrogen and oxygen atoms in total. The highest BCUT2D eigenvalue weighted by Gasteiger charge is 2.23. The molecule has 1 aliphatic rings. The van der Waals surface area contributed by atoms with Gasteiger partial charge in [-0.05, 0) is 6.07 Å². The summed E-state index contributed by atoms with van der Waals surface area (Å²) in [7, 11) is 1.67. The third-order valence-corrected chi connectivity index (χ3v) is 4.18. The molecule has 1 aliphatic heterocycles. The number of pyridine rings is 1. The van der Waals surface area contributed by atoms with E-state index in [0.717, 1.165) is 0 Å². The van der Waals surface area contributed by atoms with Gasteiger partial charge in [0.2, 0.25) is 0 Å². The first-order valence-corrected chi connectivity index (χ1v) is 8.14. The average Bonchev–Trinajstić information content (AvgIpc) is 2.63. The van der Waals surface area contributed by atoms with Crippen LogP contribution in [0.15, 0.2) is 29.5 Å². The molecule has 1 saturated heterocycles. The van der Waals surface area contributed by atoms with Crippen molar-refractivity contribution < 1.29 is 4.74 Å². The topological polar surface area (TPSA) is 96.1 Å². The van der Waals surface area contributed by atoms with Crippen LogP contribution >= 0.6 is 11.6 Å². The lowest BCUT2D eigenvalue weighted by Gasteiger charge is -2.34. The Hall–Kier alpha value is -2.63. The molecule has 130 valence electrons. The minimum absolute atomic E-state index is 0.144. The van der Waals surface area contributed by atoms with Crippen molar-refractivity contribution in [2.45, 2.75) is 6.10 Å². The quantitative estimate of drug-likeness (QED) is 0.869. The number of aryl methyl sites for hydroxylation is 1. The monoisotopic (exact) mass is 360 g/mol. The van der Waals surface area contributed by atoms with Crippen molar-refractivity contribution in [1.82, 2.24) is 14.5 Å². The fraction of sp³-hybridized carbons (Fsp3) is 0.375. The fourth-order valence-corrected chi connectivity index (χ4v) is 2.88. The van der Waals surface area contributed by atoms with E-state index in [9.17, 15) is 4.79 Å². The van der Waals surface area contributed by atoms with Crippen LogP contribution in [0.4, 0.5) is 11.6 Å². The lowest BCUT2D eigenvalue weighted by Crippen LogP contribution is -2.46. The van der Waals surface area contributed by atoms with Crippen molar-refractivity contribution in [2.24, 2.45) is 7.05 Å². The molecule has 0 amide bonds. The second-order valence-corrected chi connectivity index (χ2v) is 6.06. The summed E-state index contributed by atoms with van der Waals surface area (Å²) in [5.41, 5.74) is 0.234. The van der Waals surface area contributed by atoms with Gasteiger partial charge in [0.15, 0.2) is 5.82 Å². The number of nitriles is 1. The molecule has 0 aromatic carbocycles. The minimum atomic E-state index is -0.188. The van der Waals surface area contributed by atoms with Crippen LogP contribution in [0.5, 0.6) is 0 Å². The first-order chi connectivity index (χ1) is 12.1. The van der Waals surface area contributed by atoms with Gasteiger partial charge in [-0.2, -0.15) is 5.26 Å². The first-order valence-electron chi connectivity index (χ1n) is 7.76. The molecule has 0 bridgehead atoms. The van der Waals surface area contributed by atoms with E-state index in [2.05, 4.69) is 15.3 Å². The Bertz CT molecular complexity index is 862. The van der Waals surface area contributed by atoms with E-state index in [1.54, 1.807) is 25.5 Å². The number of rotatable bonds is 4. The van der Waals surface area contributed by atoms with Crippen LogP contribution in [-0.2, 0) is 11.8 Å². The lowest BCUT2D eigenvalue weighted by molar-refractivity contribution is 0.0489. The number of morpholine rings is 1. The van der Waals surface area contributed by atoms with Gasteiger partial charge in [-0.3, -0.25) is 4.79 Å². The molecule has 1 N–H and O–H groups in total. The molecule has 2 aromatic rings. The molecule has 0 radical (unpaired) electrons. The van der Waals surface area contributed by atoms with Gasteiger partial charge in [0, 0.05) is 45.3 Å². The Balaban J connectivity index is 1.66. The number of hydrogen-bond acceptors (Lipinski definition) is 7. The van der Waals surface area contributed by atoms with Crippen LogP contribution in [0, 0.1) is 11.3 Å². The van der Waals surface area contributed by atoms with E-state index in [1.807, 2.05) is 11.0 Å². The second kappa shape index (κ2) is 7.51. The fourth-order valence-electron chi connectivity index (χ4n) is 2.59. The standard InChI is InChI=1S/C16H17ClN6O2/c1-22-3-2-19-14(16(22)24)20-9-12-10-23(4-5-25-12)15-13(17)6-11(7-18)8-21-15/h2-3,6,8,12H,4-5,9-10H2,1H3,(H,19,20)/t12-/m1/s1. The van der Waals surface area contributed by atoms with Crippen molar-refractivity contribution in [3.8, 4) is 6.07 Å². The Kier molecular flexibility index (Phi) is 5.16. The highest BCUT2D eigenvalue weighted by molar-refractivity contribution is 6.33. The van der Waals surface area contributed by atoms with Crippen LogP contribution in [0.2, 0.25) is 5.02 Å². The molecule has 0 aliphatic carbocycles. The maximum atomic E-state index is 12.0.